The van der Waals surface area contributed by atoms with Crippen molar-refractivity contribution >= 4 is 30.1 Å². The number of rotatable bonds is 4. The second kappa shape index (κ2) is 9.02. The van der Waals surface area contributed by atoms with Crippen molar-refractivity contribution in [1.82, 2.24) is 4.90 Å². The van der Waals surface area contributed by atoms with Gasteiger partial charge in [-0.2, -0.15) is 12.6 Å². The first-order valence-electron chi connectivity index (χ1n) is 11.4. The molecule has 0 unspecified atom stereocenters. The highest BCUT2D eigenvalue weighted by atomic mass is 32.1. The minimum Gasteiger partial charge on any atom is -0.448 e. The molecule has 5 rings (SSSR count). The van der Waals surface area contributed by atoms with Crippen molar-refractivity contribution in [3.63, 3.8) is 0 Å². The third-order valence-electron chi connectivity index (χ3n) is 6.88. The lowest BCUT2D eigenvalue weighted by molar-refractivity contribution is 0.0977. The predicted octanol–water partition coefficient (Wildman–Crippen LogP) is 5.08. The number of nitrogens with two attached hydrogens (primary N) is 1. The number of thiol groups is 1. The molecule has 170 valence electrons. The maximum Gasteiger partial charge on any atom is 0.409 e. The molecule has 33 heavy (non-hydrogen) atoms. The van der Waals surface area contributed by atoms with Crippen LogP contribution >= 0.6 is 12.6 Å². The van der Waals surface area contributed by atoms with Gasteiger partial charge in [0, 0.05) is 49.2 Å². The summed E-state index contributed by atoms with van der Waals surface area (Å²) >= 11 is 4.40. The molecular weight excluding hydrogens is 430 g/mol. The van der Waals surface area contributed by atoms with Gasteiger partial charge in [-0.3, -0.25) is 0 Å². The zero-order valence-electron chi connectivity index (χ0n) is 18.8. The predicted molar refractivity (Wildman–Crippen MR) is 137 cm³/mol. The maximum absolute atomic E-state index is 12.9. The summed E-state index contributed by atoms with van der Waals surface area (Å²) in [6.45, 7) is 5.15. The SMILES string of the molecule is Cc1c(N)cc(CS)cc1N1CCN(C(=O)OCC2c3ccccc3-c3ccccc32)CC1. The number of carbonyl (C=O) groups is 1. The second-order valence-corrected chi connectivity index (χ2v) is 9.08. The van der Waals surface area contributed by atoms with Crippen LogP contribution in [-0.4, -0.2) is 43.8 Å². The molecule has 0 saturated carbocycles. The van der Waals surface area contributed by atoms with E-state index in [1.165, 1.54) is 22.3 Å². The van der Waals surface area contributed by atoms with Crippen molar-refractivity contribution in [3.05, 3.63) is 82.9 Å². The Labute approximate surface area is 200 Å². The Balaban J connectivity index is 1.23. The van der Waals surface area contributed by atoms with E-state index in [1.54, 1.807) is 0 Å². The lowest BCUT2D eigenvalue weighted by atomic mass is 9.98. The molecule has 0 spiro atoms. The first-order valence-corrected chi connectivity index (χ1v) is 12.0. The molecule has 5 nitrogen and oxygen atoms in total. The van der Waals surface area contributed by atoms with Gasteiger partial charge < -0.3 is 20.3 Å². The fourth-order valence-corrected chi connectivity index (χ4v) is 5.20. The van der Waals surface area contributed by atoms with E-state index in [4.69, 9.17) is 10.5 Å². The summed E-state index contributed by atoms with van der Waals surface area (Å²) in [7, 11) is 0. The van der Waals surface area contributed by atoms with Gasteiger partial charge in [0.1, 0.15) is 6.61 Å². The molecular formula is C27H29N3O2S. The summed E-state index contributed by atoms with van der Waals surface area (Å²) in [5.41, 5.74) is 15.2. The van der Waals surface area contributed by atoms with Crippen LogP contribution in [0, 0.1) is 6.92 Å². The van der Waals surface area contributed by atoms with Gasteiger partial charge in [0.05, 0.1) is 0 Å². The first-order chi connectivity index (χ1) is 16.1. The average molecular weight is 460 g/mol. The lowest BCUT2D eigenvalue weighted by Gasteiger charge is -2.36. The van der Waals surface area contributed by atoms with E-state index in [1.807, 2.05) is 17.9 Å². The van der Waals surface area contributed by atoms with E-state index in [0.717, 1.165) is 35.6 Å². The van der Waals surface area contributed by atoms with E-state index in [2.05, 4.69) is 72.1 Å². The third kappa shape index (κ3) is 4.04. The second-order valence-electron chi connectivity index (χ2n) is 8.77. The van der Waals surface area contributed by atoms with Gasteiger partial charge in [0.2, 0.25) is 0 Å². The normalized spacial score (nSPS) is 15.3. The van der Waals surface area contributed by atoms with Crippen LogP contribution in [0.5, 0.6) is 0 Å². The number of anilines is 2. The molecule has 0 atom stereocenters. The van der Waals surface area contributed by atoms with E-state index in [-0.39, 0.29) is 12.0 Å². The zero-order chi connectivity index (χ0) is 22.9. The summed E-state index contributed by atoms with van der Waals surface area (Å²) in [4.78, 5) is 17.0. The number of amides is 1. The molecule has 2 aliphatic rings. The number of hydrogen-bond donors (Lipinski definition) is 2. The number of ether oxygens (including phenoxy) is 1. The maximum atomic E-state index is 12.9. The average Bonchev–Trinajstić information content (AvgIpc) is 3.18. The monoisotopic (exact) mass is 459 g/mol. The Bertz CT molecular complexity index is 1140. The Hall–Kier alpha value is -3.12. The van der Waals surface area contributed by atoms with E-state index >= 15 is 0 Å². The number of benzene rings is 3. The Morgan fingerprint density at radius 3 is 2.21 bits per heavy atom. The standard InChI is InChI=1S/C27H29N3O2S/c1-18-25(28)14-19(17-33)15-26(18)29-10-12-30(13-11-29)27(31)32-16-24-22-8-4-2-6-20(22)21-7-3-5-9-23(21)24/h2-9,14-15,24,33H,10-13,16-17,28H2,1H3. The molecule has 1 amide bonds. The Kier molecular flexibility index (Phi) is 5.94. The first kappa shape index (κ1) is 21.7. The molecule has 0 aromatic heterocycles. The molecule has 0 radical (unpaired) electrons. The minimum atomic E-state index is -0.239. The number of nitrogen functional groups attached to an aromatic ring is 1. The third-order valence-corrected chi connectivity index (χ3v) is 7.24. The molecule has 3 aromatic rings. The summed E-state index contributed by atoms with van der Waals surface area (Å²) in [6.07, 6.45) is -0.239. The number of carbonyl (C=O) groups excluding carboxylic acids is 1. The van der Waals surface area contributed by atoms with Crippen LogP contribution in [0.1, 0.15) is 28.2 Å². The van der Waals surface area contributed by atoms with Crippen LogP contribution in [0.2, 0.25) is 0 Å². The fourth-order valence-electron chi connectivity index (χ4n) is 5.02. The number of fused-ring (bicyclic) bond motifs is 3. The van der Waals surface area contributed by atoms with Gasteiger partial charge in [-0.15, -0.1) is 0 Å². The van der Waals surface area contributed by atoms with Crippen LogP contribution in [0.25, 0.3) is 11.1 Å². The van der Waals surface area contributed by atoms with Crippen LogP contribution in [0.4, 0.5) is 16.2 Å². The van der Waals surface area contributed by atoms with Gasteiger partial charge in [-0.05, 0) is 52.4 Å². The Morgan fingerprint density at radius 1 is 1.00 bits per heavy atom. The molecule has 1 aliphatic heterocycles. The van der Waals surface area contributed by atoms with Crippen LogP contribution in [0.3, 0.4) is 0 Å². The molecule has 1 heterocycles. The molecule has 1 aliphatic carbocycles. The van der Waals surface area contributed by atoms with E-state index in [0.29, 0.717) is 25.4 Å². The van der Waals surface area contributed by atoms with Gasteiger partial charge in [0.15, 0.2) is 0 Å². The number of piperazine rings is 1. The molecule has 1 saturated heterocycles. The van der Waals surface area contributed by atoms with Crippen molar-refractivity contribution in [3.8, 4) is 11.1 Å². The summed E-state index contributed by atoms with van der Waals surface area (Å²) < 4.78 is 5.84. The topological polar surface area (TPSA) is 58.8 Å². The van der Waals surface area contributed by atoms with Crippen molar-refractivity contribution in [1.29, 1.82) is 0 Å². The molecule has 0 bridgehead atoms. The van der Waals surface area contributed by atoms with Crippen molar-refractivity contribution < 1.29 is 9.53 Å². The highest BCUT2D eigenvalue weighted by Crippen LogP contribution is 2.44. The quantitative estimate of drug-likeness (QED) is 0.422. The summed E-state index contributed by atoms with van der Waals surface area (Å²) in [5, 5.41) is 0. The van der Waals surface area contributed by atoms with Crippen LogP contribution in [-0.2, 0) is 10.5 Å². The van der Waals surface area contributed by atoms with Crippen LogP contribution < -0.4 is 10.6 Å². The molecule has 3 aromatic carbocycles. The smallest absolute Gasteiger partial charge is 0.409 e. The van der Waals surface area contributed by atoms with E-state index < -0.39 is 0 Å². The number of hydrogen-bond acceptors (Lipinski definition) is 5. The van der Waals surface area contributed by atoms with E-state index in [9.17, 15) is 4.79 Å². The fraction of sp³-hybridized carbons (Fsp3) is 0.296. The highest BCUT2D eigenvalue weighted by molar-refractivity contribution is 7.79. The van der Waals surface area contributed by atoms with Crippen molar-refractivity contribution in [2.75, 3.05) is 43.4 Å². The van der Waals surface area contributed by atoms with Gasteiger partial charge in [-0.1, -0.05) is 48.5 Å². The minimum absolute atomic E-state index is 0.0808. The molecule has 1 fully saturated rings. The Morgan fingerprint density at radius 2 is 1.61 bits per heavy atom. The van der Waals surface area contributed by atoms with Crippen molar-refractivity contribution in [2.45, 2.75) is 18.6 Å². The highest BCUT2D eigenvalue weighted by Gasteiger charge is 2.30. The largest absolute Gasteiger partial charge is 0.448 e. The van der Waals surface area contributed by atoms with Gasteiger partial charge in [-0.25, -0.2) is 4.79 Å². The lowest BCUT2D eigenvalue weighted by Crippen LogP contribution is -2.49. The zero-order valence-corrected chi connectivity index (χ0v) is 19.7. The van der Waals surface area contributed by atoms with Crippen LogP contribution in [0.15, 0.2) is 60.7 Å². The van der Waals surface area contributed by atoms with Gasteiger partial charge >= 0.3 is 6.09 Å². The van der Waals surface area contributed by atoms with Gasteiger partial charge in [0.25, 0.3) is 0 Å². The molecule has 6 heteroatoms. The molecule has 2 N–H and O–H groups in total. The summed E-state index contributed by atoms with van der Waals surface area (Å²) in [5.74, 6) is 0.731. The van der Waals surface area contributed by atoms with Crippen molar-refractivity contribution in [2.24, 2.45) is 0 Å². The number of nitrogens with zero attached hydrogens (tertiary/aromatic N) is 2. The summed E-state index contributed by atoms with van der Waals surface area (Å²) in [6, 6.07) is 20.9.